The fraction of sp³-hybridized carbons (Fsp3) is 0.786. The Morgan fingerprint density at radius 2 is 2.04 bits per heavy atom. The minimum absolute atomic E-state index is 0.0551. The van der Waals surface area contributed by atoms with Gasteiger partial charge in [0, 0.05) is 31.5 Å². The molecule has 136 valence electrons. The number of nitrogens with one attached hydrogen (secondary N) is 1. The molecule has 10 heteroatoms. The number of rotatable bonds is 4. The van der Waals surface area contributed by atoms with Gasteiger partial charge in [-0.1, -0.05) is 0 Å². The molecule has 1 aromatic rings. The Morgan fingerprint density at radius 3 is 2.71 bits per heavy atom. The second kappa shape index (κ2) is 6.64. The van der Waals surface area contributed by atoms with E-state index in [9.17, 15) is 21.6 Å². The highest BCUT2D eigenvalue weighted by Crippen LogP contribution is 2.34. The molecule has 0 radical (unpaired) electrons. The standard InChI is InChI=1S/C14H20F3N3O3S/c15-14(16,17)13-8-10(4-7-23-13)24(21,22)19-11-2-1-3-12(11)20-6-5-18-9-20/h5-6,9-13,19H,1-4,7-8H2/t10?,11-,12+,13?/m1/s1. The molecule has 2 unspecified atom stereocenters. The first-order valence-corrected chi connectivity index (χ1v) is 9.49. The molecule has 3 rings (SSSR count). The van der Waals surface area contributed by atoms with Crippen LogP contribution in [-0.2, 0) is 14.8 Å². The van der Waals surface area contributed by atoms with E-state index in [0.29, 0.717) is 6.42 Å². The van der Waals surface area contributed by atoms with Gasteiger partial charge in [-0.15, -0.1) is 0 Å². The van der Waals surface area contributed by atoms with Crippen LogP contribution in [0.1, 0.15) is 38.1 Å². The van der Waals surface area contributed by atoms with Crippen LogP contribution in [0.25, 0.3) is 0 Å². The van der Waals surface area contributed by atoms with Crippen molar-refractivity contribution in [2.24, 2.45) is 0 Å². The van der Waals surface area contributed by atoms with Gasteiger partial charge < -0.3 is 9.30 Å². The highest BCUT2D eigenvalue weighted by atomic mass is 32.2. The number of sulfonamides is 1. The first kappa shape index (κ1) is 17.7. The van der Waals surface area contributed by atoms with Gasteiger partial charge in [0.15, 0.2) is 6.10 Å². The fourth-order valence-electron chi connectivity index (χ4n) is 3.48. The summed E-state index contributed by atoms with van der Waals surface area (Å²) in [4.78, 5) is 3.97. The second-order valence-corrected chi connectivity index (χ2v) is 8.32. The molecule has 1 aromatic heterocycles. The topological polar surface area (TPSA) is 73.2 Å². The Bertz CT molecular complexity index is 648. The van der Waals surface area contributed by atoms with E-state index < -0.39 is 34.0 Å². The van der Waals surface area contributed by atoms with Gasteiger partial charge in [-0.3, -0.25) is 0 Å². The molecular weight excluding hydrogens is 347 g/mol. The van der Waals surface area contributed by atoms with Crippen molar-refractivity contribution in [3.63, 3.8) is 0 Å². The molecule has 1 N–H and O–H groups in total. The van der Waals surface area contributed by atoms with Crippen LogP contribution in [0.3, 0.4) is 0 Å². The Morgan fingerprint density at radius 1 is 1.25 bits per heavy atom. The van der Waals surface area contributed by atoms with Crippen LogP contribution >= 0.6 is 0 Å². The molecule has 1 saturated carbocycles. The predicted octanol–water partition coefficient (Wildman–Crippen LogP) is 2.01. The summed E-state index contributed by atoms with van der Waals surface area (Å²) in [6, 6.07) is -0.378. The van der Waals surface area contributed by atoms with Gasteiger partial charge in [0.2, 0.25) is 10.0 Å². The lowest BCUT2D eigenvalue weighted by atomic mass is 10.1. The number of nitrogens with zero attached hydrogens (tertiary/aromatic N) is 2. The summed E-state index contributed by atoms with van der Waals surface area (Å²) in [5, 5.41) is -1.08. The zero-order valence-electron chi connectivity index (χ0n) is 12.9. The van der Waals surface area contributed by atoms with Crippen molar-refractivity contribution < 1.29 is 26.3 Å². The van der Waals surface area contributed by atoms with Crippen LogP contribution in [0.5, 0.6) is 0 Å². The zero-order chi connectivity index (χ0) is 17.4. The molecule has 2 fully saturated rings. The third-order valence-electron chi connectivity index (χ3n) is 4.74. The van der Waals surface area contributed by atoms with Crippen LogP contribution < -0.4 is 4.72 Å². The lowest BCUT2D eigenvalue weighted by molar-refractivity contribution is -0.229. The number of halogens is 3. The SMILES string of the molecule is O=S(=O)(N[C@@H]1CCC[C@@H]1n1ccnc1)C1CCOC(C(F)(F)F)C1. The normalized spacial score (nSPS) is 32.1. The molecule has 1 saturated heterocycles. The minimum atomic E-state index is -4.54. The molecule has 1 aliphatic carbocycles. The smallest absolute Gasteiger partial charge is 0.369 e. The van der Waals surface area contributed by atoms with E-state index in [2.05, 4.69) is 14.4 Å². The number of aromatic nitrogens is 2. The number of hydrogen-bond donors (Lipinski definition) is 1. The van der Waals surface area contributed by atoms with Gasteiger partial charge in [-0.2, -0.15) is 13.2 Å². The lowest BCUT2D eigenvalue weighted by Crippen LogP contribution is -2.48. The third kappa shape index (κ3) is 3.75. The quantitative estimate of drug-likeness (QED) is 0.884. The van der Waals surface area contributed by atoms with Gasteiger partial charge in [0.25, 0.3) is 0 Å². The monoisotopic (exact) mass is 367 g/mol. The Hall–Kier alpha value is -1.13. The molecule has 24 heavy (non-hydrogen) atoms. The molecule has 0 spiro atoms. The highest BCUT2D eigenvalue weighted by Gasteiger charge is 2.47. The number of hydrogen-bond acceptors (Lipinski definition) is 4. The van der Waals surface area contributed by atoms with Gasteiger partial charge in [0.1, 0.15) is 0 Å². The fourth-order valence-corrected chi connectivity index (χ4v) is 5.21. The zero-order valence-corrected chi connectivity index (χ0v) is 13.8. The van der Waals surface area contributed by atoms with Crippen molar-refractivity contribution in [2.75, 3.05) is 6.61 Å². The van der Waals surface area contributed by atoms with Crippen LogP contribution in [-0.4, -0.2) is 48.1 Å². The third-order valence-corrected chi connectivity index (χ3v) is 6.68. The molecule has 0 aromatic carbocycles. The average molecular weight is 367 g/mol. The van der Waals surface area contributed by atoms with Gasteiger partial charge >= 0.3 is 6.18 Å². The van der Waals surface area contributed by atoms with E-state index in [0.717, 1.165) is 12.8 Å². The van der Waals surface area contributed by atoms with E-state index in [4.69, 9.17) is 0 Å². The maximum absolute atomic E-state index is 12.8. The van der Waals surface area contributed by atoms with Gasteiger partial charge in [-0.05, 0) is 25.7 Å². The van der Waals surface area contributed by atoms with E-state index in [1.807, 2.05) is 4.57 Å². The van der Waals surface area contributed by atoms with Crippen molar-refractivity contribution in [2.45, 2.75) is 61.7 Å². The van der Waals surface area contributed by atoms with Gasteiger partial charge in [0.05, 0.1) is 17.6 Å². The van der Waals surface area contributed by atoms with Crippen molar-refractivity contribution >= 4 is 10.0 Å². The molecule has 4 atom stereocenters. The Labute approximate surface area is 138 Å². The summed E-state index contributed by atoms with van der Waals surface area (Å²) in [7, 11) is -3.85. The van der Waals surface area contributed by atoms with Crippen LogP contribution in [0.15, 0.2) is 18.7 Å². The summed E-state index contributed by atoms with van der Waals surface area (Å²) in [6.45, 7) is -0.203. The molecule has 0 bridgehead atoms. The van der Waals surface area contributed by atoms with E-state index >= 15 is 0 Å². The molecule has 6 nitrogen and oxygen atoms in total. The molecule has 2 aliphatic rings. The number of alkyl halides is 3. The summed E-state index contributed by atoms with van der Waals surface area (Å²) in [6.07, 6.45) is 0.311. The first-order chi connectivity index (χ1) is 11.3. The van der Waals surface area contributed by atoms with E-state index in [-0.39, 0.29) is 25.1 Å². The second-order valence-electron chi connectivity index (χ2n) is 6.32. The molecule has 1 aliphatic heterocycles. The van der Waals surface area contributed by atoms with Crippen molar-refractivity contribution in [3.8, 4) is 0 Å². The first-order valence-electron chi connectivity index (χ1n) is 7.94. The molecule has 0 amide bonds. The summed E-state index contributed by atoms with van der Waals surface area (Å²) >= 11 is 0. The Balaban J connectivity index is 1.69. The predicted molar refractivity (Wildman–Crippen MR) is 79.8 cm³/mol. The number of ether oxygens (including phenoxy) is 1. The maximum Gasteiger partial charge on any atom is 0.414 e. The largest absolute Gasteiger partial charge is 0.414 e. The lowest BCUT2D eigenvalue weighted by Gasteiger charge is -2.32. The Kier molecular flexibility index (Phi) is 4.89. The van der Waals surface area contributed by atoms with Crippen molar-refractivity contribution in [1.82, 2.24) is 14.3 Å². The summed E-state index contributed by atoms with van der Waals surface area (Å²) in [5.74, 6) is 0. The van der Waals surface area contributed by atoms with E-state index in [1.54, 1.807) is 18.7 Å². The van der Waals surface area contributed by atoms with Crippen molar-refractivity contribution in [1.29, 1.82) is 0 Å². The van der Waals surface area contributed by atoms with Crippen LogP contribution in [0.2, 0.25) is 0 Å². The van der Waals surface area contributed by atoms with Crippen molar-refractivity contribution in [3.05, 3.63) is 18.7 Å². The number of imidazole rings is 1. The van der Waals surface area contributed by atoms with E-state index in [1.165, 1.54) is 0 Å². The average Bonchev–Trinajstić information content (AvgIpc) is 3.17. The highest BCUT2D eigenvalue weighted by molar-refractivity contribution is 7.90. The minimum Gasteiger partial charge on any atom is -0.369 e. The van der Waals surface area contributed by atoms with Gasteiger partial charge in [-0.25, -0.2) is 18.1 Å². The maximum atomic E-state index is 12.8. The van der Waals surface area contributed by atoms with Crippen LogP contribution in [0, 0.1) is 0 Å². The molecular formula is C14H20F3N3O3S. The molecule has 2 heterocycles. The summed E-state index contributed by atoms with van der Waals surface area (Å²) < 4.78 is 72.7. The summed E-state index contributed by atoms with van der Waals surface area (Å²) in [5.41, 5.74) is 0. The van der Waals surface area contributed by atoms with Crippen LogP contribution in [0.4, 0.5) is 13.2 Å².